The SMILES string of the molecule is C=CC(=O)N1CCC[C@@H](n2nc(-c3ccc(C(=O)Nc4cc(C(C)(F)F)ccn4)cc3)c3cncc(C#N)c32)C1. The first-order valence-electron chi connectivity index (χ1n) is 12.6. The maximum Gasteiger partial charge on any atom is 0.270 e. The fourth-order valence-electron chi connectivity index (χ4n) is 4.87. The van der Waals surface area contributed by atoms with E-state index in [1.807, 2.05) is 0 Å². The van der Waals surface area contributed by atoms with Crippen molar-refractivity contribution in [2.45, 2.75) is 31.7 Å². The van der Waals surface area contributed by atoms with Crippen molar-refractivity contribution in [2.24, 2.45) is 0 Å². The van der Waals surface area contributed by atoms with E-state index in [0.717, 1.165) is 25.8 Å². The molecule has 1 aliphatic heterocycles. The summed E-state index contributed by atoms with van der Waals surface area (Å²) in [6.45, 7) is 5.43. The van der Waals surface area contributed by atoms with Gasteiger partial charge in [-0.2, -0.15) is 10.4 Å². The number of anilines is 1. The molecule has 1 fully saturated rings. The van der Waals surface area contributed by atoms with Crippen LogP contribution in [0.2, 0.25) is 0 Å². The minimum absolute atomic E-state index is 0.0180. The number of pyridine rings is 2. The van der Waals surface area contributed by atoms with Gasteiger partial charge in [-0.15, -0.1) is 0 Å². The summed E-state index contributed by atoms with van der Waals surface area (Å²) in [7, 11) is 0. The number of hydrogen-bond donors (Lipinski definition) is 1. The Morgan fingerprint density at radius 3 is 2.70 bits per heavy atom. The highest BCUT2D eigenvalue weighted by atomic mass is 19.3. The third kappa shape index (κ3) is 5.16. The van der Waals surface area contributed by atoms with Crippen molar-refractivity contribution in [2.75, 3.05) is 18.4 Å². The lowest BCUT2D eigenvalue weighted by atomic mass is 10.0. The molecule has 202 valence electrons. The van der Waals surface area contributed by atoms with Crippen LogP contribution in [0.4, 0.5) is 14.6 Å². The largest absolute Gasteiger partial charge is 0.337 e. The molecule has 0 aliphatic carbocycles. The van der Waals surface area contributed by atoms with Gasteiger partial charge < -0.3 is 10.2 Å². The minimum Gasteiger partial charge on any atom is -0.337 e. The summed E-state index contributed by atoms with van der Waals surface area (Å²) in [4.78, 5) is 35.0. The maximum absolute atomic E-state index is 13.7. The lowest BCUT2D eigenvalue weighted by Gasteiger charge is -2.32. The van der Waals surface area contributed by atoms with E-state index in [1.54, 1.807) is 40.0 Å². The number of amides is 2. The van der Waals surface area contributed by atoms with Gasteiger partial charge in [-0.3, -0.25) is 19.3 Å². The first kappa shape index (κ1) is 26.6. The lowest BCUT2D eigenvalue weighted by molar-refractivity contribution is -0.127. The molecule has 0 spiro atoms. The Morgan fingerprint density at radius 1 is 1.23 bits per heavy atom. The number of nitrogens with one attached hydrogen (secondary N) is 1. The normalized spacial score (nSPS) is 15.4. The molecular formula is C29H25F2N7O2. The van der Waals surface area contributed by atoms with Gasteiger partial charge >= 0.3 is 0 Å². The number of nitriles is 1. The molecule has 1 saturated heterocycles. The Balaban J connectivity index is 1.45. The average Bonchev–Trinajstić information content (AvgIpc) is 3.36. The van der Waals surface area contributed by atoms with Gasteiger partial charge in [0.25, 0.3) is 11.8 Å². The van der Waals surface area contributed by atoms with E-state index in [0.29, 0.717) is 46.4 Å². The van der Waals surface area contributed by atoms with E-state index in [9.17, 15) is 23.6 Å². The summed E-state index contributed by atoms with van der Waals surface area (Å²) in [6, 6.07) is 11.0. The second-order valence-corrected chi connectivity index (χ2v) is 9.62. The Hall–Kier alpha value is -4.98. The van der Waals surface area contributed by atoms with Crippen LogP contribution < -0.4 is 5.32 Å². The number of hydrogen-bond acceptors (Lipinski definition) is 6. The molecule has 0 unspecified atom stereocenters. The van der Waals surface area contributed by atoms with Crippen molar-refractivity contribution >= 4 is 28.5 Å². The predicted molar refractivity (Wildman–Crippen MR) is 144 cm³/mol. The number of alkyl halides is 2. The van der Waals surface area contributed by atoms with E-state index in [4.69, 9.17) is 5.10 Å². The third-order valence-corrected chi connectivity index (χ3v) is 6.89. The van der Waals surface area contributed by atoms with E-state index in [1.165, 1.54) is 24.5 Å². The van der Waals surface area contributed by atoms with Crippen LogP contribution in [-0.4, -0.2) is 49.6 Å². The average molecular weight is 542 g/mol. The molecule has 5 rings (SSSR count). The number of aromatic nitrogens is 4. The van der Waals surface area contributed by atoms with Crippen LogP contribution in [0.5, 0.6) is 0 Å². The van der Waals surface area contributed by atoms with E-state index < -0.39 is 11.8 Å². The molecule has 1 N–H and O–H groups in total. The summed E-state index contributed by atoms with van der Waals surface area (Å²) in [6.07, 6.45) is 7.21. The van der Waals surface area contributed by atoms with Gasteiger partial charge in [0.1, 0.15) is 17.6 Å². The van der Waals surface area contributed by atoms with Crippen molar-refractivity contribution < 1.29 is 18.4 Å². The van der Waals surface area contributed by atoms with Crippen LogP contribution in [0.15, 0.2) is 67.6 Å². The van der Waals surface area contributed by atoms with E-state index in [2.05, 4.69) is 27.9 Å². The van der Waals surface area contributed by atoms with Crippen molar-refractivity contribution in [3.8, 4) is 17.3 Å². The zero-order valence-electron chi connectivity index (χ0n) is 21.6. The highest BCUT2D eigenvalue weighted by molar-refractivity contribution is 6.04. The van der Waals surface area contributed by atoms with Crippen LogP contribution in [0.3, 0.4) is 0 Å². The van der Waals surface area contributed by atoms with Gasteiger partial charge in [0, 0.05) is 60.7 Å². The number of fused-ring (bicyclic) bond motifs is 1. The van der Waals surface area contributed by atoms with Gasteiger partial charge in [-0.25, -0.2) is 13.8 Å². The second kappa shape index (κ2) is 10.6. The highest BCUT2D eigenvalue weighted by Gasteiger charge is 2.28. The van der Waals surface area contributed by atoms with Gasteiger partial charge in [0.2, 0.25) is 5.91 Å². The standard InChI is InChI=1S/C29H25F2N7O2/c1-3-25(39)37-12-4-5-22(17-37)38-27-20(14-32)15-33-16-23(27)26(36-38)18-6-8-19(9-7-18)28(40)35-24-13-21(10-11-34-24)29(2,30)31/h3,6-11,13,15-16,22H,1,4-5,12,17H2,2H3,(H,34,35,40)/t22-/m1/s1. The van der Waals surface area contributed by atoms with E-state index >= 15 is 0 Å². The summed E-state index contributed by atoms with van der Waals surface area (Å²) >= 11 is 0. The first-order valence-corrected chi connectivity index (χ1v) is 12.6. The van der Waals surface area contributed by atoms with Gasteiger partial charge in [0.15, 0.2) is 0 Å². The molecule has 2 amide bonds. The second-order valence-electron chi connectivity index (χ2n) is 9.62. The Morgan fingerprint density at radius 2 is 2.00 bits per heavy atom. The monoisotopic (exact) mass is 541 g/mol. The molecule has 0 bridgehead atoms. The van der Waals surface area contributed by atoms with Gasteiger partial charge in [-0.05, 0) is 43.2 Å². The summed E-state index contributed by atoms with van der Waals surface area (Å²) in [5.74, 6) is -3.70. The number of halogens is 2. The van der Waals surface area contributed by atoms with Gasteiger partial charge in [-0.1, -0.05) is 18.7 Å². The molecule has 1 aliphatic rings. The predicted octanol–water partition coefficient (Wildman–Crippen LogP) is 5.08. The van der Waals surface area contributed by atoms with Crippen LogP contribution in [0.1, 0.15) is 47.3 Å². The third-order valence-electron chi connectivity index (χ3n) is 6.89. The molecular weight excluding hydrogens is 516 g/mol. The number of carbonyl (C=O) groups is 2. The quantitative estimate of drug-likeness (QED) is 0.340. The molecule has 1 atom stereocenters. The number of likely N-dealkylation sites (tertiary alicyclic amines) is 1. The van der Waals surface area contributed by atoms with Crippen molar-refractivity contribution in [1.29, 1.82) is 5.26 Å². The fourth-order valence-corrected chi connectivity index (χ4v) is 4.87. The molecule has 40 heavy (non-hydrogen) atoms. The van der Waals surface area contributed by atoms with Crippen molar-refractivity contribution in [1.82, 2.24) is 24.6 Å². The van der Waals surface area contributed by atoms with E-state index in [-0.39, 0.29) is 23.3 Å². The number of piperidine rings is 1. The van der Waals surface area contributed by atoms with Crippen molar-refractivity contribution in [3.05, 3.63) is 84.3 Å². The topological polar surface area (TPSA) is 117 Å². The highest BCUT2D eigenvalue weighted by Crippen LogP contribution is 2.34. The van der Waals surface area contributed by atoms with Crippen molar-refractivity contribution in [3.63, 3.8) is 0 Å². The summed E-state index contributed by atoms with van der Waals surface area (Å²) in [5.41, 5.74) is 2.31. The van der Waals surface area contributed by atoms with Crippen LogP contribution >= 0.6 is 0 Å². The fraction of sp³-hybridized carbons (Fsp3) is 0.241. The van der Waals surface area contributed by atoms with Gasteiger partial charge in [0.05, 0.1) is 17.1 Å². The summed E-state index contributed by atoms with van der Waals surface area (Å²) in [5, 5.41) is 17.9. The van der Waals surface area contributed by atoms with Crippen LogP contribution in [0, 0.1) is 11.3 Å². The zero-order valence-corrected chi connectivity index (χ0v) is 21.6. The molecule has 0 radical (unpaired) electrons. The number of carbonyl (C=O) groups excluding carboxylic acids is 2. The Kier molecular flexibility index (Phi) is 7.09. The Bertz CT molecular complexity index is 1650. The number of nitrogens with zero attached hydrogens (tertiary/aromatic N) is 6. The van der Waals surface area contributed by atoms with Crippen LogP contribution in [-0.2, 0) is 10.7 Å². The summed E-state index contributed by atoms with van der Waals surface area (Å²) < 4.78 is 29.1. The minimum atomic E-state index is -3.06. The smallest absolute Gasteiger partial charge is 0.270 e. The Labute approximate surface area is 228 Å². The molecule has 4 aromatic rings. The first-order chi connectivity index (χ1) is 19.2. The molecule has 11 heteroatoms. The molecule has 1 aromatic carbocycles. The molecule has 4 heterocycles. The van der Waals surface area contributed by atoms with Crippen LogP contribution in [0.25, 0.3) is 22.2 Å². The molecule has 9 nitrogen and oxygen atoms in total. The maximum atomic E-state index is 13.7. The number of benzene rings is 1. The molecule has 0 saturated carbocycles. The lowest BCUT2D eigenvalue weighted by Crippen LogP contribution is -2.40. The number of rotatable bonds is 6. The zero-order chi connectivity index (χ0) is 28.4. The molecule has 3 aromatic heterocycles.